The largest absolute Gasteiger partial charge is 0.439 e. The number of hydrogen-bond acceptors (Lipinski definition) is 5. The standard InChI is InChI=1S/C15H21N3O2/c16-12-3-4-13-14(8-12)20-15(17-13)10-18-6-1-2-11(9-18)5-7-19/h3-4,8,11,19H,1-2,5-7,9-10,16H2. The molecule has 2 heterocycles. The van der Waals surface area contributed by atoms with Gasteiger partial charge in [0.25, 0.3) is 0 Å². The molecular formula is C15H21N3O2. The smallest absolute Gasteiger partial charge is 0.209 e. The van der Waals surface area contributed by atoms with E-state index < -0.39 is 0 Å². The lowest BCUT2D eigenvalue weighted by Gasteiger charge is -2.31. The molecule has 1 saturated heterocycles. The van der Waals surface area contributed by atoms with Crippen LogP contribution in [0, 0.1) is 5.92 Å². The number of nitrogens with zero attached hydrogens (tertiary/aromatic N) is 2. The first-order chi connectivity index (χ1) is 9.74. The summed E-state index contributed by atoms with van der Waals surface area (Å²) in [7, 11) is 0. The Morgan fingerprint density at radius 1 is 1.45 bits per heavy atom. The van der Waals surface area contributed by atoms with Gasteiger partial charge < -0.3 is 15.3 Å². The molecular weight excluding hydrogens is 254 g/mol. The van der Waals surface area contributed by atoms with Crippen LogP contribution in [0.4, 0.5) is 5.69 Å². The van der Waals surface area contributed by atoms with E-state index in [9.17, 15) is 0 Å². The summed E-state index contributed by atoms with van der Waals surface area (Å²) in [6.07, 6.45) is 3.28. The number of hydrogen-bond donors (Lipinski definition) is 2. The van der Waals surface area contributed by atoms with Gasteiger partial charge in [-0.2, -0.15) is 0 Å². The molecule has 108 valence electrons. The normalized spacial score (nSPS) is 20.6. The van der Waals surface area contributed by atoms with E-state index in [1.54, 1.807) is 0 Å². The Bertz CT molecular complexity index is 580. The Morgan fingerprint density at radius 3 is 3.20 bits per heavy atom. The minimum Gasteiger partial charge on any atom is -0.439 e. The van der Waals surface area contributed by atoms with Crippen LogP contribution in [0.25, 0.3) is 11.1 Å². The van der Waals surface area contributed by atoms with E-state index in [2.05, 4.69) is 9.88 Å². The number of oxazole rings is 1. The zero-order chi connectivity index (χ0) is 13.9. The molecule has 3 rings (SSSR count). The van der Waals surface area contributed by atoms with Crippen LogP contribution in [-0.4, -0.2) is 34.7 Å². The third kappa shape index (κ3) is 2.94. The van der Waals surface area contributed by atoms with Gasteiger partial charge in [-0.05, 0) is 43.9 Å². The summed E-state index contributed by atoms with van der Waals surface area (Å²) in [5.74, 6) is 1.34. The number of fused-ring (bicyclic) bond motifs is 1. The Kier molecular flexibility index (Phi) is 3.89. The van der Waals surface area contributed by atoms with Gasteiger partial charge in [-0.1, -0.05) is 0 Å². The van der Waals surface area contributed by atoms with E-state index in [1.165, 1.54) is 12.8 Å². The molecule has 1 atom stereocenters. The quantitative estimate of drug-likeness (QED) is 0.835. The average molecular weight is 275 g/mol. The van der Waals surface area contributed by atoms with Gasteiger partial charge in [-0.3, -0.25) is 4.90 Å². The third-order valence-electron chi connectivity index (χ3n) is 3.96. The lowest BCUT2D eigenvalue weighted by atomic mass is 9.95. The highest BCUT2D eigenvalue weighted by molar-refractivity contribution is 5.76. The SMILES string of the molecule is Nc1ccc2nc(CN3CCCC(CCO)C3)oc2c1. The van der Waals surface area contributed by atoms with E-state index in [1.807, 2.05) is 18.2 Å². The minimum atomic E-state index is 0.278. The van der Waals surface area contributed by atoms with Crippen molar-refractivity contribution in [1.29, 1.82) is 0 Å². The Hall–Kier alpha value is -1.59. The molecule has 1 aromatic heterocycles. The summed E-state index contributed by atoms with van der Waals surface area (Å²) in [5, 5.41) is 9.05. The predicted octanol–water partition coefficient (Wildman–Crippen LogP) is 2.00. The number of nitrogen functional groups attached to an aromatic ring is 1. The van der Waals surface area contributed by atoms with Crippen molar-refractivity contribution in [3.05, 3.63) is 24.1 Å². The second kappa shape index (κ2) is 5.81. The first kappa shape index (κ1) is 13.4. The Labute approximate surface area is 118 Å². The van der Waals surface area contributed by atoms with Gasteiger partial charge in [0.2, 0.25) is 5.89 Å². The van der Waals surface area contributed by atoms with E-state index >= 15 is 0 Å². The van der Waals surface area contributed by atoms with E-state index in [0.717, 1.165) is 43.0 Å². The molecule has 5 heteroatoms. The summed E-state index contributed by atoms with van der Waals surface area (Å²) in [4.78, 5) is 6.86. The van der Waals surface area contributed by atoms with Crippen molar-refractivity contribution in [2.75, 3.05) is 25.4 Å². The van der Waals surface area contributed by atoms with Crippen molar-refractivity contribution in [3.63, 3.8) is 0 Å². The zero-order valence-corrected chi connectivity index (χ0v) is 11.6. The van der Waals surface area contributed by atoms with Crippen LogP contribution in [0.15, 0.2) is 22.6 Å². The second-order valence-electron chi connectivity index (χ2n) is 5.59. The average Bonchev–Trinajstić information content (AvgIpc) is 2.81. The molecule has 3 N–H and O–H groups in total. The molecule has 0 aliphatic carbocycles. The number of aliphatic hydroxyl groups is 1. The molecule has 1 aliphatic heterocycles. The number of aliphatic hydroxyl groups excluding tert-OH is 1. The molecule has 0 bridgehead atoms. The summed E-state index contributed by atoms with van der Waals surface area (Å²) in [6.45, 7) is 3.10. The highest BCUT2D eigenvalue weighted by Crippen LogP contribution is 2.23. The van der Waals surface area contributed by atoms with Gasteiger partial charge >= 0.3 is 0 Å². The zero-order valence-electron chi connectivity index (χ0n) is 11.6. The number of anilines is 1. The minimum absolute atomic E-state index is 0.278. The molecule has 0 saturated carbocycles. The topological polar surface area (TPSA) is 75.5 Å². The monoisotopic (exact) mass is 275 g/mol. The highest BCUT2D eigenvalue weighted by atomic mass is 16.3. The fourth-order valence-electron chi connectivity index (χ4n) is 2.96. The lowest BCUT2D eigenvalue weighted by Crippen LogP contribution is -2.35. The van der Waals surface area contributed by atoms with Crippen LogP contribution >= 0.6 is 0 Å². The van der Waals surface area contributed by atoms with Gasteiger partial charge in [0.15, 0.2) is 5.58 Å². The number of rotatable bonds is 4. The van der Waals surface area contributed by atoms with Crippen molar-refractivity contribution in [2.45, 2.75) is 25.8 Å². The van der Waals surface area contributed by atoms with Crippen molar-refractivity contribution >= 4 is 16.8 Å². The summed E-state index contributed by atoms with van der Waals surface area (Å²) in [5.41, 5.74) is 8.06. The van der Waals surface area contributed by atoms with Crippen LogP contribution in [0.3, 0.4) is 0 Å². The maximum absolute atomic E-state index is 9.05. The molecule has 2 aromatic rings. The molecule has 0 amide bonds. The lowest BCUT2D eigenvalue weighted by molar-refractivity contribution is 0.134. The summed E-state index contributed by atoms with van der Waals surface area (Å²) in [6, 6.07) is 5.55. The Morgan fingerprint density at radius 2 is 2.35 bits per heavy atom. The predicted molar refractivity (Wildman–Crippen MR) is 78.1 cm³/mol. The summed E-state index contributed by atoms with van der Waals surface area (Å²) < 4.78 is 5.76. The molecule has 5 nitrogen and oxygen atoms in total. The maximum atomic E-state index is 9.05. The highest BCUT2D eigenvalue weighted by Gasteiger charge is 2.21. The van der Waals surface area contributed by atoms with Crippen molar-refractivity contribution < 1.29 is 9.52 Å². The number of aromatic nitrogens is 1. The van der Waals surface area contributed by atoms with Crippen molar-refractivity contribution in [1.82, 2.24) is 9.88 Å². The maximum Gasteiger partial charge on any atom is 0.209 e. The Balaban J connectivity index is 1.69. The number of piperidine rings is 1. The van der Waals surface area contributed by atoms with Gasteiger partial charge in [-0.15, -0.1) is 0 Å². The van der Waals surface area contributed by atoms with Gasteiger partial charge in [0.05, 0.1) is 6.54 Å². The van der Waals surface area contributed by atoms with Gasteiger partial charge in [-0.25, -0.2) is 4.98 Å². The number of benzene rings is 1. The van der Waals surface area contributed by atoms with E-state index in [4.69, 9.17) is 15.3 Å². The molecule has 0 spiro atoms. The molecule has 1 aromatic carbocycles. The fraction of sp³-hybridized carbons (Fsp3) is 0.533. The van der Waals surface area contributed by atoms with E-state index in [0.29, 0.717) is 11.6 Å². The van der Waals surface area contributed by atoms with Gasteiger partial charge in [0.1, 0.15) is 5.52 Å². The van der Waals surface area contributed by atoms with Crippen LogP contribution in [0.5, 0.6) is 0 Å². The molecule has 1 aliphatic rings. The molecule has 1 unspecified atom stereocenters. The molecule has 0 radical (unpaired) electrons. The van der Waals surface area contributed by atoms with Crippen LogP contribution in [0.1, 0.15) is 25.2 Å². The number of likely N-dealkylation sites (tertiary alicyclic amines) is 1. The van der Waals surface area contributed by atoms with Crippen LogP contribution in [-0.2, 0) is 6.54 Å². The van der Waals surface area contributed by atoms with Gasteiger partial charge in [0, 0.05) is 24.9 Å². The first-order valence-electron chi connectivity index (χ1n) is 7.23. The van der Waals surface area contributed by atoms with E-state index in [-0.39, 0.29) is 6.61 Å². The van der Waals surface area contributed by atoms with Crippen LogP contribution in [0.2, 0.25) is 0 Å². The van der Waals surface area contributed by atoms with Crippen molar-refractivity contribution in [2.24, 2.45) is 5.92 Å². The first-order valence-corrected chi connectivity index (χ1v) is 7.23. The molecule has 1 fully saturated rings. The fourth-order valence-corrected chi connectivity index (χ4v) is 2.96. The summed E-state index contributed by atoms with van der Waals surface area (Å²) >= 11 is 0. The third-order valence-corrected chi connectivity index (χ3v) is 3.96. The number of nitrogens with two attached hydrogens (primary N) is 1. The second-order valence-corrected chi connectivity index (χ2v) is 5.59. The molecule has 20 heavy (non-hydrogen) atoms. The van der Waals surface area contributed by atoms with Crippen molar-refractivity contribution in [3.8, 4) is 0 Å². The van der Waals surface area contributed by atoms with Crippen LogP contribution < -0.4 is 5.73 Å².